The average Bonchev–Trinajstić information content (AvgIpc) is 2.92. The van der Waals surface area contributed by atoms with Gasteiger partial charge in [-0.25, -0.2) is 4.79 Å². The van der Waals surface area contributed by atoms with Gasteiger partial charge in [-0.1, -0.05) is 48.0 Å². The van der Waals surface area contributed by atoms with Gasteiger partial charge in [0, 0.05) is 35.2 Å². The Hall–Kier alpha value is -2.51. The minimum Gasteiger partial charge on any atom is -0.598 e. The molecule has 1 aliphatic rings. The quantitative estimate of drug-likeness (QED) is 0.236. The first-order chi connectivity index (χ1) is 18.2. The molecule has 1 aliphatic heterocycles. The van der Waals surface area contributed by atoms with Crippen LogP contribution in [0.2, 0.25) is 5.02 Å². The first-order valence-electron chi connectivity index (χ1n) is 13.2. The standard InChI is InChI=1S/C31H37ClN2O3S/c1-5-37-30(35)24-12-16-26(17-13-24)34-20-18-23(19-21-34)29(33-38(36)31(2,3)4)28-9-7-6-8-27(28)22-10-14-25(32)15-11-22/h6-17,23,29,33H,5,18-21H2,1-4H3/t29-,38-/m0/s1. The Balaban J connectivity index is 1.56. The van der Waals surface area contributed by atoms with Crippen molar-refractivity contribution in [2.24, 2.45) is 5.92 Å². The number of esters is 1. The van der Waals surface area contributed by atoms with E-state index in [0.717, 1.165) is 48.3 Å². The molecular formula is C31H37ClN2O3S. The lowest BCUT2D eigenvalue weighted by Gasteiger charge is -2.39. The van der Waals surface area contributed by atoms with E-state index in [2.05, 4.69) is 27.8 Å². The number of hydrogen-bond donors (Lipinski definition) is 1. The van der Waals surface area contributed by atoms with E-state index in [4.69, 9.17) is 16.3 Å². The fourth-order valence-corrected chi connectivity index (χ4v) is 5.91. The number of benzene rings is 3. The normalized spacial score (nSPS) is 16.2. The third-order valence-electron chi connectivity index (χ3n) is 7.00. The number of anilines is 1. The van der Waals surface area contributed by atoms with Gasteiger partial charge >= 0.3 is 5.97 Å². The minimum absolute atomic E-state index is 0.0599. The Labute approximate surface area is 234 Å². The molecule has 5 nitrogen and oxygen atoms in total. The molecule has 202 valence electrons. The van der Waals surface area contributed by atoms with Crippen LogP contribution in [0.4, 0.5) is 5.69 Å². The Morgan fingerprint density at radius 3 is 2.29 bits per heavy atom. The van der Waals surface area contributed by atoms with Gasteiger partial charge in [0.1, 0.15) is 4.75 Å². The smallest absolute Gasteiger partial charge is 0.338 e. The van der Waals surface area contributed by atoms with Crippen LogP contribution in [0.5, 0.6) is 0 Å². The summed E-state index contributed by atoms with van der Waals surface area (Å²) in [6.45, 7) is 9.94. The molecule has 3 aromatic carbocycles. The predicted molar refractivity (Wildman–Crippen MR) is 158 cm³/mol. The zero-order chi connectivity index (χ0) is 27.3. The third-order valence-corrected chi connectivity index (χ3v) is 8.83. The van der Waals surface area contributed by atoms with Crippen LogP contribution in [-0.4, -0.2) is 35.0 Å². The summed E-state index contributed by atoms with van der Waals surface area (Å²) < 4.78 is 21.6. The summed E-state index contributed by atoms with van der Waals surface area (Å²) in [7, 11) is 0. The van der Waals surface area contributed by atoms with Crippen molar-refractivity contribution in [1.29, 1.82) is 0 Å². The maximum absolute atomic E-state index is 13.3. The van der Waals surface area contributed by atoms with E-state index in [1.807, 2.05) is 82.3 Å². The van der Waals surface area contributed by atoms with Crippen LogP contribution in [-0.2, 0) is 16.1 Å². The molecule has 0 saturated carbocycles. The molecule has 38 heavy (non-hydrogen) atoms. The molecule has 0 unspecified atom stereocenters. The lowest BCUT2D eigenvalue weighted by molar-refractivity contribution is 0.0526. The maximum atomic E-state index is 13.3. The number of nitrogens with one attached hydrogen (secondary N) is 1. The van der Waals surface area contributed by atoms with Crippen molar-refractivity contribution >= 4 is 34.6 Å². The van der Waals surface area contributed by atoms with Gasteiger partial charge < -0.3 is 14.2 Å². The number of piperidine rings is 1. The van der Waals surface area contributed by atoms with Crippen LogP contribution in [0.1, 0.15) is 62.5 Å². The van der Waals surface area contributed by atoms with E-state index < -0.39 is 11.4 Å². The second-order valence-electron chi connectivity index (χ2n) is 10.7. The number of nitrogens with zero attached hydrogens (tertiary/aromatic N) is 1. The van der Waals surface area contributed by atoms with Crippen LogP contribution in [0.3, 0.4) is 0 Å². The van der Waals surface area contributed by atoms with Crippen LogP contribution >= 0.6 is 11.6 Å². The molecule has 0 bridgehead atoms. The molecule has 3 aromatic rings. The number of hydrogen-bond acceptors (Lipinski definition) is 5. The molecule has 0 amide bonds. The summed E-state index contributed by atoms with van der Waals surface area (Å²) in [6.07, 6.45) is 1.90. The lowest BCUT2D eigenvalue weighted by Crippen LogP contribution is -2.45. The van der Waals surface area contributed by atoms with Crippen molar-refractivity contribution in [2.45, 2.75) is 51.3 Å². The largest absolute Gasteiger partial charge is 0.598 e. The van der Waals surface area contributed by atoms with Crippen molar-refractivity contribution in [3.63, 3.8) is 0 Å². The van der Waals surface area contributed by atoms with E-state index >= 15 is 0 Å². The molecular weight excluding hydrogens is 516 g/mol. The summed E-state index contributed by atoms with van der Waals surface area (Å²) in [5.41, 5.74) is 5.05. The number of carbonyl (C=O) groups excluding carboxylic acids is 1. The van der Waals surface area contributed by atoms with Gasteiger partial charge in [-0.2, -0.15) is 0 Å². The van der Waals surface area contributed by atoms with Gasteiger partial charge in [0.05, 0.1) is 18.2 Å². The van der Waals surface area contributed by atoms with E-state index in [1.165, 1.54) is 0 Å². The number of carbonyl (C=O) groups is 1. The third kappa shape index (κ3) is 6.92. The van der Waals surface area contributed by atoms with Crippen molar-refractivity contribution in [2.75, 3.05) is 24.6 Å². The van der Waals surface area contributed by atoms with Gasteiger partial charge in [-0.3, -0.25) is 0 Å². The number of ether oxygens (including phenoxy) is 1. The Morgan fingerprint density at radius 2 is 1.68 bits per heavy atom. The zero-order valence-electron chi connectivity index (χ0n) is 22.6. The highest BCUT2D eigenvalue weighted by Crippen LogP contribution is 2.38. The topological polar surface area (TPSA) is 64.6 Å². The fraction of sp³-hybridized carbons (Fsp3) is 0.387. The predicted octanol–water partition coefficient (Wildman–Crippen LogP) is 7.19. The summed E-state index contributed by atoms with van der Waals surface area (Å²) >= 11 is 4.94. The maximum Gasteiger partial charge on any atom is 0.338 e. The number of halogens is 1. The monoisotopic (exact) mass is 552 g/mol. The molecule has 2 atom stereocenters. The molecule has 1 fully saturated rings. The molecule has 4 rings (SSSR count). The van der Waals surface area contributed by atoms with Crippen LogP contribution in [0.25, 0.3) is 11.1 Å². The van der Waals surface area contributed by atoms with Gasteiger partial charge in [0.15, 0.2) is 0 Å². The van der Waals surface area contributed by atoms with Gasteiger partial charge in [-0.05, 0) is 99.5 Å². The molecule has 1 saturated heterocycles. The van der Waals surface area contributed by atoms with Gasteiger partial charge in [0.2, 0.25) is 0 Å². The van der Waals surface area contributed by atoms with Crippen LogP contribution in [0, 0.1) is 5.92 Å². The second-order valence-corrected chi connectivity index (χ2v) is 13.1. The SMILES string of the molecule is CCOC(=O)c1ccc(N2CCC([C@H](N[S@@+]([O-])C(C)(C)C)c3ccccc3-c3ccc(Cl)cc3)CC2)cc1. The van der Waals surface area contributed by atoms with E-state index in [1.54, 1.807) is 0 Å². The summed E-state index contributed by atoms with van der Waals surface area (Å²) in [4.78, 5) is 14.4. The van der Waals surface area contributed by atoms with Crippen LogP contribution < -0.4 is 9.62 Å². The van der Waals surface area contributed by atoms with Gasteiger partial charge in [0.25, 0.3) is 0 Å². The highest BCUT2D eigenvalue weighted by molar-refractivity contribution is 7.90. The number of rotatable bonds is 8. The van der Waals surface area contributed by atoms with Gasteiger partial charge in [-0.15, -0.1) is 4.72 Å². The summed E-state index contributed by atoms with van der Waals surface area (Å²) in [5, 5.41) is 0.706. The molecule has 7 heteroatoms. The highest BCUT2D eigenvalue weighted by Gasteiger charge is 2.36. The van der Waals surface area contributed by atoms with Crippen molar-refractivity contribution < 1.29 is 14.1 Å². The summed E-state index contributed by atoms with van der Waals surface area (Å²) in [6, 6.07) is 23.9. The van der Waals surface area contributed by atoms with Crippen molar-refractivity contribution in [3.05, 3.63) is 88.9 Å². The van der Waals surface area contributed by atoms with E-state index in [-0.39, 0.29) is 16.8 Å². The molecule has 0 aromatic heterocycles. The van der Waals surface area contributed by atoms with Crippen molar-refractivity contribution in [1.82, 2.24) is 4.72 Å². The first-order valence-corrected chi connectivity index (χ1v) is 14.7. The highest BCUT2D eigenvalue weighted by atomic mass is 35.5. The first kappa shape index (κ1) is 28.5. The lowest BCUT2D eigenvalue weighted by atomic mass is 9.83. The molecule has 0 aliphatic carbocycles. The zero-order valence-corrected chi connectivity index (χ0v) is 24.1. The minimum atomic E-state index is -1.22. The second kappa shape index (κ2) is 12.6. The summed E-state index contributed by atoms with van der Waals surface area (Å²) in [5.74, 6) is 0.0164. The van der Waals surface area contributed by atoms with Crippen LogP contribution in [0.15, 0.2) is 72.8 Å². The molecule has 0 radical (unpaired) electrons. The van der Waals surface area contributed by atoms with E-state index in [0.29, 0.717) is 23.1 Å². The fourth-order valence-electron chi connectivity index (χ4n) is 4.88. The molecule has 1 N–H and O–H groups in total. The Kier molecular flexibility index (Phi) is 9.42. The molecule has 0 spiro atoms. The molecule has 1 heterocycles. The van der Waals surface area contributed by atoms with Crippen molar-refractivity contribution in [3.8, 4) is 11.1 Å². The average molecular weight is 553 g/mol. The Morgan fingerprint density at radius 1 is 1.05 bits per heavy atom. The Bertz CT molecular complexity index is 1200. The van der Waals surface area contributed by atoms with E-state index in [9.17, 15) is 9.35 Å².